The molecule has 0 saturated carbocycles. The highest BCUT2D eigenvalue weighted by molar-refractivity contribution is 9.10. The maximum atomic E-state index is 11.9. The molecule has 0 saturated heterocycles. The van der Waals surface area contributed by atoms with Crippen LogP contribution in [0, 0.1) is 0 Å². The molecule has 118 valence electrons. The van der Waals surface area contributed by atoms with Gasteiger partial charge in [0.05, 0.1) is 0 Å². The number of hydrogen-bond acceptors (Lipinski definition) is 1. The van der Waals surface area contributed by atoms with Crippen molar-refractivity contribution in [1.82, 2.24) is 4.48 Å². The third-order valence-electron chi connectivity index (χ3n) is 4.46. The summed E-state index contributed by atoms with van der Waals surface area (Å²) in [5.41, 5.74) is 3.98. The van der Waals surface area contributed by atoms with E-state index in [1.165, 1.54) is 0 Å². The molecule has 3 rings (SSSR count). The molecule has 0 bridgehead atoms. The van der Waals surface area contributed by atoms with Crippen molar-refractivity contribution in [3.63, 3.8) is 0 Å². The number of rotatable bonds is 3. The minimum absolute atomic E-state index is 0.214. The molecule has 3 nitrogen and oxygen atoms in total. The largest absolute Gasteiger partial charge is 0.477 e. The summed E-state index contributed by atoms with van der Waals surface area (Å²) in [5.74, 6) is -0.823. The summed E-state index contributed by atoms with van der Waals surface area (Å²) in [6.45, 7) is 3.76. The lowest BCUT2D eigenvalue weighted by Gasteiger charge is -2.38. The van der Waals surface area contributed by atoms with E-state index in [1.54, 1.807) is 6.92 Å². The highest BCUT2D eigenvalue weighted by atomic mass is 79.9. The van der Waals surface area contributed by atoms with E-state index in [0.29, 0.717) is 0 Å². The zero-order valence-electron chi connectivity index (χ0n) is 12.8. The first-order chi connectivity index (χ1) is 10.9. The summed E-state index contributed by atoms with van der Waals surface area (Å²) in [4.78, 5) is 11.9. The molecule has 5 heteroatoms. The lowest BCUT2D eigenvalue weighted by atomic mass is 10.1. The Kier molecular flexibility index (Phi) is 4.21. The number of fused-ring (bicyclic) bond motifs is 1. The van der Waals surface area contributed by atoms with Gasteiger partial charge in [-0.15, -0.1) is 0 Å². The molecule has 1 unspecified atom stereocenters. The molecule has 2 aromatic carbocycles. The third kappa shape index (κ3) is 2.47. The molecular formula is C18H16Br2NO2+. The van der Waals surface area contributed by atoms with Crippen LogP contribution in [0.4, 0.5) is 11.4 Å². The number of aliphatic carboxylic acids is 1. The Hall–Kier alpha value is -1.43. The molecule has 0 aromatic heterocycles. The first-order valence-electron chi connectivity index (χ1n) is 7.24. The fourth-order valence-electron chi connectivity index (χ4n) is 3.40. The lowest BCUT2D eigenvalue weighted by molar-refractivity contribution is -0.140. The van der Waals surface area contributed by atoms with E-state index >= 15 is 0 Å². The van der Waals surface area contributed by atoms with Crippen molar-refractivity contribution in [2.24, 2.45) is 0 Å². The maximum Gasteiger partial charge on any atom is 0.363 e. The van der Waals surface area contributed by atoms with Gasteiger partial charge in [0.1, 0.15) is 11.4 Å². The van der Waals surface area contributed by atoms with Gasteiger partial charge in [0.15, 0.2) is 11.7 Å². The number of halogens is 2. The predicted molar refractivity (Wildman–Crippen MR) is 100 cm³/mol. The molecule has 0 fully saturated rings. The van der Waals surface area contributed by atoms with Gasteiger partial charge in [-0.05, 0) is 24.3 Å². The van der Waals surface area contributed by atoms with Crippen LogP contribution in [0.2, 0.25) is 0 Å². The normalized spacial score (nSPS) is 20.8. The molecule has 1 aliphatic rings. The van der Waals surface area contributed by atoms with E-state index in [9.17, 15) is 9.90 Å². The number of quaternary nitrogens is 1. The summed E-state index contributed by atoms with van der Waals surface area (Å²) in [6, 6.07) is 13.2. The molecule has 1 heterocycles. The average Bonchev–Trinajstić information content (AvgIpc) is 2.79. The smallest absolute Gasteiger partial charge is 0.363 e. The number of carboxylic acids is 1. The number of nitrogens with zero attached hydrogens (tertiary/aromatic N) is 1. The average molecular weight is 438 g/mol. The maximum absolute atomic E-state index is 11.9. The first-order valence-corrected chi connectivity index (χ1v) is 8.82. The molecule has 0 amide bonds. The van der Waals surface area contributed by atoms with E-state index in [1.807, 2.05) is 49.4 Å². The fraction of sp³-hybridized carbons (Fsp3) is 0.167. The van der Waals surface area contributed by atoms with Crippen LogP contribution in [0.1, 0.15) is 19.4 Å². The number of allylic oxidation sites excluding steroid dienone is 1. The molecule has 0 aliphatic carbocycles. The Labute approximate surface area is 152 Å². The van der Waals surface area contributed by atoms with Crippen LogP contribution in [0.25, 0.3) is 6.08 Å². The van der Waals surface area contributed by atoms with Gasteiger partial charge in [-0.25, -0.2) is 9.28 Å². The van der Waals surface area contributed by atoms with Gasteiger partial charge < -0.3 is 5.11 Å². The van der Waals surface area contributed by atoms with E-state index in [0.717, 1.165) is 31.6 Å². The number of hydrogen-bond donors (Lipinski definition) is 1. The molecule has 1 N–H and O–H groups in total. The second-order valence-corrected chi connectivity index (χ2v) is 7.53. The van der Waals surface area contributed by atoms with E-state index < -0.39 is 12.0 Å². The summed E-state index contributed by atoms with van der Waals surface area (Å²) < 4.78 is 2.17. The quantitative estimate of drug-likeness (QED) is 0.625. The molecule has 2 aromatic rings. The third-order valence-corrected chi connectivity index (χ3v) is 5.48. The van der Waals surface area contributed by atoms with Gasteiger partial charge in [-0.3, -0.25) is 0 Å². The van der Waals surface area contributed by atoms with Crippen molar-refractivity contribution in [1.29, 1.82) is 0 Å². The molecule has 1 aliphatic heterocycles. The fourth-order valence-corrected chi connectivity index (χ4v) is 4.04. The molecular weight excluding hydrogens is 422 g/mol. The summed E-state index contributed by atoms with van der Waals surface area (Å²) in [6.07, 6.45) is 2.07. The number of benzene rings is 2. The highest BCUT2D eigenvalue weighted by Crippen LogP contribution is 2.50. The number of carboxylic acid groups (broad SMARTS) is 1. The second-order valence-electron chi connectivity index (χ2n) is 5.70. The first kappa shape index (κ1) is 16.4. The molecule has 0 radical (unpaired) electrons. The van der Waals surface area contributed by atoms with Crippen LogP contribution in [0.15, 0.2) is 57.1 Å². The van der Waals surface area contributed by atoms with Crippen molar-refractivity contribution < 1.29 is 9.90 Å². The minimum atomic E-state index is -0.823. The Morgan fingerprint density at radius 3 is 2.30 bits per heavy atom. The Morgan fingerprint density at radius 1 is 1.09 bits per heavy atom. The van der Waals surface area contributed by atoms with Crippen LogP contribution in [-0.4, -0.2) is 17.1 Å². The predicted octanol–water partition coefficient (Wildman–Crippen LogP) is 5.70. The Morgan fingerprint density at radius 2 is 1.70 bits per heavy atom. The van der Waals surface area contributed by atoms with Gasteiger partial charge in [-0.1, -0.05) is 31.9 Å². The number of carbonyl (C=O) groups is 1. The zero-order valence-corrected chi connectivity index (χ0v) is 15.9. The van der Waals surface area contributed by atoms with Gasteiger partial charge in [0.2, 0.25) is 0 Å². The van der Waals surface area contributed by atoms with E-state index in [4.69, 9.17) is 0 Å². The van der Waals surface area contributed by atoms with Crippen molar-refractivity contribution in [3.8, 4) is 0 Å². The standard InChI is InChI=1S/C18H15Br2NO2/c1-11-9-13-10-15(20)5-8-17(13)21(11,12(2)18(22)23)16-6-3-14(19)4-7-16/h3-10,12H,1-2H3/p+1/t12?,21-/m1/s1. The van der Waals surface area contributed by atoms with Gasteiger partial charge in [0, 0.05) is 52.6 Å². The van der Waals surface area contributed by atoms with Gasteiger partial charge >= 0.3 is 5.97 Å². The Bertz CT molecular complexity index is 814. The van der Waals surface area contributed by atoms with E-state index in [2.05, 4.69) is 37.9 Å². The topological polar surface area (TPSA) is 37.3 Å². The van der Waals surface area contributed by atoms with Crippen LogP contribution in [0.5, 0.6) is 0 Å². The monoisotopic (exact) mass is 436 g/mol. The highest BCUT2D eigenvalue weighted by Gasteiger charge is 2.49. The van der Waals surface area contributed by atoms with Crippen LogP contribution in [-0.2, 0) is 4.79 Å². The molecule has 23 heavy (non-hydrogen) atoms. The molecule has 0 spiro atoms. The van der Waals surface area contributed by atoms with Crippen LogP contribution >= 0.6 is 31.9 Å². The van der Waals surface area contributed by atoms with Crippen molar-refractivity contribution in [2.45, 2.75) is 19.9 Å². The van der Waals surface area contributed by atoms with Crippen LogP contribution < -0.4 is 4.48 Å². The van der Waals surface area contributed by atoms with Crippen molar-refractivity contribution in [2.75, 3.05) is 0 Å². The van der Waals surface area contributed by atoms with Crippen molar-refractivity contribution >= 4 is 55.3 Å². The van der Waals surface area contributed by atoms with E-state index in [-0.39, 0.29) is 4.48 Å². The van der Waals surface area contributed by atoms with Gasteiger partial charge in [-0.2, -0.15) is 0 Å². The Balaban J connectivity index is 2.33. The summed E-state index contributed by atoms with van der Waals surface area (Å²) in [5, 5.41) is 9.76. The summed E-state index contributed by atoms with van der Waals surface area (Å²) in [7, 11) is 0. The van der Waals surface area contributed by atoms with Crippen molar-refractivity contribution in [3.05, 3.63) is 62.7 Å². The van der Waals surface area contributed by atoms with Gasteiger partial charge in [0.25, 0.3) is 0 Å². The molecule has 2 atom stereocenters. The summed E-state index contributed by atoms with van der Waals surface area (Å²) >= 11 is 6.95. The zero-order chi connectivity index (χ0) is 16.8. The minimum Gasteiger partial charge on any atom is -0.477 e. The van der Waals surface area contributed by atoms with Crippen LogP contribution in [0.3, 0.4) is 0 Å². The SMILES string of the molecule is CC1=Cc2cc(Br)ccc2[N@@+]1(c1ccc(Br)cc1)C(C)C(=O)O. The lowest BCUT2D eigenvalue weighted by Crippen LogP contribution is -2.52. The second kappa shape index (κ2) is 5.89.